The Morgan fingerprint density at radius 1 is 1.43 bits per heavy atom. The molecule has 1 aliphatic heterocycles. The van der Waals surface area contributed by atoms with Crippen LogP contribution >= 0.6 is 0 Å². The molecule has 1 saturated heterocycles. The molecule has 1 aliphatic rings. The highest BCUT2D eigenvalue weighted by atomic mass is 32.2. The predicted octanol–water partition coefficient (Wildman–Crippen LogP) is -0.489. The molecule has 84 valence electrons. The third kappa shape index (κ3) is 2.91. The molecular formula is C8H19N3O2S. The van der Waals surface area contributed by atoms with Crippen LogP contribution in [0.2, 0.25) is 0 Å². The molecule has 0 spiro atoms. The van der Waals surface area contributed by atoms with Crippen LogP contribution in [0.25, 0.3) is 0 Å². The molecule has 14 heavy (non-hydrogen) atoms. The molecule has 0 aromatic carbocycles. The van der Waals surface area contributed by atoms with Crippen LogP contribution in [-0.4, -0.2) is 39.4 Å². The Bertz CT molecular complexity index is 258. The molecule has 0 aliphatic carbocycles. The Morgan fingerprint density at radius 3 is 2.43 bits per heavy atom. The average Bonchev–Trinajstić information content (AvgIpc) is 2.19. The first kappa shape index (κ1) is 11.9. The van der Waals surface area contributed by atoms with Crippen LogP contribution in [0.5, 0.6) is 0 Å². The summed E-state index contributed by atoms with van der Waals surface area (Å²) in [5.74, 6) is 0.600. The number of nitrogens with zero attached hydrogens (tertiary/aromatic N) is 1. The van der Waals surface area contributed by atoms with E-state index in [1.807, 2.05) is 0 Å². The van der Waals surface area contributed by atoms with Gasteiger partial charge in [-0.2, -0.15) is 12.7 Å². The summed E-state index contributed by atoms with van der Waals surface area (Å²) in [6, 6.07) is 0. The van der Waals surface area contributed by atoms with Crippen molar-refractivity contribution in [1.82, 2.24) is 9.03 Å². The Balaban J connectivity index is 2.43. The lowest BCUT2D eigenvalue weighted by atomic mass is 9.95. The van der Waals surface area contributed by atoms with Gasteiger partial charge in [0.25, 0.3) is 10.2 Å². The Labute approximate surface area is 85.8 Å². The quantitative estimate of drug-likeness (QED) is 0.673. The fourth-order valence-corrected chi connectivity index (χ4v) is 2.75. The number of nitrogens with two attached hydrogens (primary N) is 1. The summed E-state index contributed by atoms with van der Waals surface area (Å²) in [6.07, 6.45) is 2.86. The lowest BCUT2D eigenvalue weighted by Crippen LogP contribution is -2.43. The summed E-state index contributed by atoms with van der Waals surface area (Å²) in [5.41, 5.74) is 5.46. The van der Waals surface area contributed by atoms with E-state index >= 15 is 0 Å². The van der Waals surface area contributed by atoms with Crippen molar-refractivity contribution in [1.29, 1.82) is 0 Å². The maximum Gasteiger partial charge on any atom is 0.279 e. The second-order valence-electron chi connectivity index (χ2n) is 3.63. The summed E-state index contributed by atoms with van der Waals surface area (Å²) < 4.78 is 26.6. The van der Waals surface area contributed by atoms with Crippen LogP contribution in [0.15, 0.2) is 0 Å². The summed E-state index contributed by atoms with van der Waals surface area (Å²) in [6.45, 7) is 1.94. The second-order valence-corrected chi connectivity index (χ2v) is 5.50. The molecule has 0 aromatic rings. The maximum absolute atomic E-state index is 11.4. The van der Waals surface area contributed by atoms with E-state index in [2.05, 4.69) is 4.72 Å². The third-order valence-corrected chi connectivity index (χ3v) is 4.31. The van der Waals surface area contributed by atoms with Gasteiger partial charge in [-0.05, 0) is 31.7 Å². The van der Waals surface area contributed by atoms with Gasteiger partial charge in [-0.1, -0.05) is 0 Å². The summed E-state index contributed by atoms with van der Waals surface area (Å²) >= 11 is 0. The molecule has 0 saturated carbocycles. The van der Waals surface area contributed by atoms with E-state index in [0.717, 1.165) is 19.3 Å². The molecule has 0 aromatic heterocycles. The summed E-state index contributed by atoms with van der Waals surface area (Å²) in [5, 5.41) is 0. The van der Waals surface area contributed by atoms with Gasteiger partial charge < -0.3 is 5.73 Å². The first-order valence-electron chi connectivity index (χ1n) is 4.99. The minimum atomic E-state index is -3.21. The van der Waals surface area contributed by atoms with E-state index in [1.54, 1.807) is 0 Å². The largest absolute Gasteiger partial charge is 0.330 e. The van der Waals surface area contributed by atoms with Crippen molar-refractivity contribution in [2.45, 2.75) is 19.3 Å². The number of nitrogens with one attached hydrogen (secondary N) is 1. The van der Waals surface area contributed by atoms with Crippen LogP contribution in [0, 0.1) is 5.92 Å². The van der Waals surface area contributed by atoms with Crippen LogP contribution in [-0.2, 0) is 10.2 Å². The lowest BCUT2D eigenvalue weighted by Gasteiger charge is -2.30. The average molecular weight is 221 g/mol. The molecule has 5 nitrogen and oxygen atoms in total. The summed E-state index contributed by atoms with van der Waals surface area (Å²) in [7, 11) is -1.76. The first-order chi connectivity index (χ1) is 6.60. The van der Waals surface area contributed by atoms with Gasteiger partial charge in [-0.25, -0.2) is 4.72 Å². The van der Waals surface area contributed by atoms with Crippen molar-refractivity contribution in [3.8, 4) is 0 Å². The lowest BCUT2D eigenvalue weighted by molar-refractivity contribution is 0.264. The van der Waals surface area contributed by atoms with Crippen LogP contribution in [0.3, 0.4) is 0 Å². The van der Waals surface area contributed by atoms with Gasteiger partial charge in [-0.15, -0.1) is 0 Å². The van der Waals surface area contributed by atoms with E-state index in [0.29, 0.717) is 25.6 Å². The van der Waals surface area contributed by atoms with Crippen LogP contribution < -0.4 is 10.5 Å². The van der Waals surface area contributed by atoms with E-state index in [1.165, 1.54) is 11.4 Å². The maximum atomic E-state index is 11.4. The molecule has 0 amide bonds. The Hall–Kier alpha value is -0.170. The van der Waals surface area contributed by atoms with Gasteiger partial charge in [-0.3, -0.25) is 0 Å². The molecule has 1 heterocycles. The minimum absolute atomic E-state index is 0.600. The van der Waals surface area contributed by atoms with Crippen molar-refractivity contribution in [3.63, 3.8) is 0 Å². The fourth-order valence-electron chi connectivity index (χ4n) is 1.80. The number of hydrogen-bond donors (Lipinski definition) is 2. The van der Waals surface area contributed by atoms with Gasteiger partial charge in [0, 0.05) is 20.1 Å². The van der Waals surface area contributed by atoms with Crippen molar-refractivity contribution in [2.75, 3.05) is 26.7 Å². The SMILES string of the molecule is CNS(=O)(=O)N1CCC(CCN)CC1. The van der Waals surface area contributed by atoms with E-state index in [4.69, 9.17) is 5.73 Å². The first-order valence-corrected chi connectivity index (χ1v) is 6.43. The fraction of sp³-hybridized carbons (Fsp3) is 1.00. The van der Waals surface area contributed by atoms with Crippen molar-refractivity contribution in [3.05, 3.63) is 0 Å². The second kappa shape index (κ2) is 5.06. The molecule has 0 bridgehead atoms. The molecule has 0 radical (unpaired) electrons. The van der Waals surface area contributed by atoms with Gasteiger partial charge in [0.1, 0.15) is 0 Å². The van der Waals surface area contributed by atoms with Gasteiger partial charge in [0.2, 0.25) is 0 Å². The predicted molar refractivity (Wildman–Crippen MR) is 55.9 cm³/mol. The summed E-state index contributed by atoms with van der Waals surface area (Å²) in [4.78, 5) is 0. The normalized spacial score (nSPS) is 21.3. The molecule has 3 N–H and O–H groups in total. The minimum Gasteiger partial charge on any atom is -0.330 e. The molecule has 0 atom stereocenters. The van der Waals surface area contributed by atoms with E-state index < -0.39 is 10.2 Å². The highest BCUT2D eigenvalue weighted by Gasteiger charge is 2.26. The molecule has 0 unspecified atom stereocenters. The smallest absolute Gasteiger partial charge is 0.279 e. The standard InChI is InChI=1S/C8H19N3O2S/c1-10-14(12,13)11-6-3-8(2-5-9)4-7-11/h8,10H,2-7,9H2,1H3. The Kier molecular flexibility index (Phi) is 4.31. The van der Waals surface area contributed by atoms with Crippen molar-refractivity contribution >= 4 is 10.2 Å². The number of rotatable bonds is 4. The van der Waals surface area contributed by atoms with Gasteiger partial charge >= 0.3 is 0 Å². The van der Waals surface area contributed by atoms with E-state index in [-0.39, 0.29) is 0 Å². The molecule has 1 rings (SSSR count). The third-order valence-electron chi connectivity index (χ3n) is 2.75. The molecule has 1 fully saturated rings. The Morgan fingerprint density at radius 2 is 2.00 bits per heavy atom. The van der Waals surface area contributed by atoms with E-state index in [9.17, 15) is 8.42 Å². The van der Waals surface area contributed by atoms with Gasteiger partial charge in [0.15, 0.2) is 0 Å². The van der Waals surface area contributed by atoms with Crippen molar-refractivity contribution in [2.24, 2.45) is 11.7 Å². The van der Waals surface area contributed by atoms with Crippen LogP contribution in [0.4, 0.5) is 0 Å². The number of piperidine rings is 1. The number of hydrogen-bond acceptors (Lipinski definition) is 3. The zero-order chi connectivity index (χ0) is 10.6. The topological polar surface area (TPSA) is 75.4 Å². The molecule has 6 heteroatoms. The highest BCUT2D eigenvalue weighted by molar-refractivity contribution is 7.87. The van der Waals surface area contributed by atoms with Gasteiger partial charge in [0.05, 0.1) is 0 Å². The monoisotopic (exact) mass is 221 g/mol. The zero-order valence-electron chi connectivity index (χ0n) is 8.57. The molecular weight excluding hydrogens is 202 g/mol. The van der Waals surface area contributed by atoms with Crippen molar-refractivity contribution < 1.29 is 8.42 Å². The zero-order valence-corrected chi connectivity index (χ0v) is 9.39. The van der Waals surface area contributed by atoms with Crippen LogP contribution in [0.1, 0.15) is 19.3 Å². The highest BCUT2D eigenvalue weighted by Crippen LogP contribution is 2.20.